The number of nitrogens with zero attached hydrogens (tertiary/aromatic N) is 1. The number of H-pyrrole nitrogens is 1. The van der Waals surface area contributed by atoms with Crippen LogP contribution in [-0.2, 0) is 0 Å². The number of aromatic amines is 1. The quantitative estimate of drug-likeness (QED) is 0.0550. The van der Waals surface area contributed by atoms with E-state index in [9.17, 15) is 0 Å². The smallest absolute Gasteiger partial charge is 0.247 e. The molecule has 0 aliphatic rings. The summed E-state index contributed by atoms with van der Waals surface area (Å²) in [5.41, 5.74) is 0. The zero-order valence-electron chi connectivity index (χ0n) is 32.5. The van der Waals surface area contributed by atoms with Gasteiger partial charge in [-0.1, -0.05) is 220 Å². The lowest BCUT2D eigenvalue weighted by molar-refractivity contribution is -0.727. The molecule has 0 radical (unpaired) electrons. The molecule has 0 amide bonds. The van der Waals surface area contributed by atoms with Gasteiger partial charge in [-0.05, 0) is 32.6 Å². The molecule has 0 aromatic carbocycles. The number of imidazole rings is 1. The largest absolute Gasteiger partial charge is 0.257 e. The Morgan fingerprint density at radius 1 is 0.413 bits per heavy atom. The van der Waals surface area contributed by atoms with Crippen molar-refractivity contribution in [2.45, 2.75) is 264 Å². The highest BCUT2D eigenvalue weighted by Gasteiger charge is 2.25. The van der Waals surface area contributed by atoms with Crippen molar-refractivity contribution in [1.29, 1.82) is 0 Å². The number of hydrogen-bond acceptors (Lipinski definition) is 0. The first-order valence-electron chi connectivity index (χ1n) is 21.8. The second-order valence-electron chi connectivity index (χ2n) is 15.4. The lowest BCUT2D eigenvalue weighted by Gasteiger charge is -2.17. The Morgan fingerprint density at radius 3 is 1.02 bits per heavy atom. The second-order valence-corrected chi connectivity index (χ2v) is 15.4. The molecule has 0 saturated carbocycles. The fraction of sp³-hybridized carbons (Fsp3) is 0.932. The molecule has 0 saturated heterocycles. The monoisotopic (exact) mass is 644 g/mol. The van der Waals surface area contributed by atoms with Crippen molar-refractivity contribution in [3.8, 4) is 0 Å². The maximum atomic E-state index is 3.77. The fourth-order valence-corrected chi connectivity index (χ4v) is 7.66. The molecule has 0 spiro atoms. The van der Waals surface area contributed by atoms with E-state index in [4.69, 9.17) is 0 Å². The van der Waals surface area contributed by atoms with Crippen LogP contribution in [0.2, 0.25) is 0 Å². The Bertz CT molecular complexity index is 709. The van der Waals surface area contributed by atoms with Gasteiger partial charge in [0.25, 0.3) is 5.82 Å². The van der Waals surface area contributed by atoms with Gasteiger partial charge in [-0.25, -0.2) is 9.55 Å². The number of aromatic nitrogens is 2. The van der Waals surface area contributed by atoms with Gasteiger partial charge >= 0.3 is 0 Å². The number of unbranched alkanes of at least 4 members (excludes halogenated alkanes) is 29. The van der Waals surface area contributed by atoms with E-state index in [1.807, 2.05) is 0 Å². The highest BCUT2D eigenvalue weighted by Crippen LogP contribution is 2.27. The van der Waals surface area contributed by atoms with Crippen LogP contribution in [-0.4, -0.2) is 4.98 Å². The maximum absolute atomic E-state index is 3.77. The van der Waals surface area contributed by atoms with E-state index in [-0.39, 0.29) is 0 Å². The van der Waals surface area contributed by atoms with Gasteiger partial charge in [0.1, 0.15) is 12.4 Å². The number of nitrogens with one attached hydrogen (secondary N) is 1. The molecule has 1 rings (SSSR count). The van der Waals surface area contributed by atoms with Crippen molar-refractivity contribution in [3.05, 3.63) is 18.2 Å². The second kappa shape index (κ2) is 34.1. The van der Waals surface area contributed by atoms with E-state index in [0.717, 1.165) is 0 Å². The topological polar surface area (TPSA) is 19.7 Å². The van der Waals surface area contributed by atoms with E-state index < -0.39 is 0 Å². The van der Waals surface area contributed by atoms with Crippen molar-refractivity contribution in [2.24, 2.45) is 0 Å². The highest BCUT2D eigenvalue weighted by molar-refractivity contribution is 4.90. The predicted molar refractivity (Wildman–Crippen MR) is 207 cm³/mol. The minimum Gasteiger partial charge on any atom is -0.247 e. The van der Waals surface area contributed by atoms with Crippen molar-refractivity contribution in [2.75, 3.05) is 0 Å². The van der Waals surface area contributed by atoms with Crippen LogP contribution >= 0.6 is 0 Å². The highest BCUT2D eigenvalue weighted by atomic mass is 15.1. The molecule has 1 N–H and O–H groups in total. The predicted octanol–water partition coefficient (Wildman–Crippen LogP) is 15.7. The first-order chi connectivity index (χ1) is 22.7. The molecule has 46 heavy (non-hydrogen) atoms. The van der Waals surface area contributed by atoms with Crippen LogP contribution in [0.1, 0.15) is 270 Å². The lowest BCUT2D eigenvalue weighted by atomic mass is 9.92. The number of hydrogen-bond donors (Lipinski definition) is 1. The standard InChI is InChI=1S/C44H86N2/c1-5-8-11-14-17-20-22-23-24-26-28-31-34-37-42(4)46-41-40-45-44(46)43(38-35-32-29-25-19-16-13-10-7-3)39-36-33-30-27-21-18-15-12-9-6-2/h40-43H,5-39H2,1-4H3/p+1. The maximum Gasteiger partial charge on any atom is 0.257 e. The average molecular weight is 644 g/mol. The zero-order valence-corrected chi connectivity index (χ0v) is 32.5. The Hall–Kier alpha value is -0.790. The van der Waals surface area contributed by atoms with Crippen LogP contribution in [0.3, 0.4) is 0 Å². The molecule has 0 fully saturated rings. The summed E-state index contributed by atoms with van der Waals surface area (Å²) < 4.78 is 2.65. The molecule has 0 aliphatic carbocycles. The third-order valence-electron chi connectivity index (χ3n) is 10.9. The van der Waals surface area contributed by atoms with Crippen LogP contribution in [0.5, 0.6) is 0 Å². The molecule has 0 bridgehead atoms. The third-order valence-corrected chi connectivity index (χ3v) is 10.9. The van der Waals surface area contributed by atoms with Crippen LogP contribution < -0.4 is 4.57 Å². The van der Waals surface area contributed by atoms with E-state index in [2.05, 4.69) is 49.6 Å². The number of rotatable bonds is 37. The average Bonchev–Trinajstić information content (AvgIpc) is 3.56. The summed E-state index contributed by atoms with van der Waals surface area (Å²) >= 11 is 0. The summed E-state index contributed by atoms with van der Waals surface area (Å²) in [6, 6.07) is 0.618. The Labute approximate surface area is 291 Å². The van der Waals surface area contributed by atoms with E-state index in [1.54, 1.807) is 0 Å². The third kappa shape index (κ3) is 25.3. The van der Waals surface area contributed by atoms with Crippen molar-refractivity contribution < 1.29 is 4.57 Å². The summed E-state index contributed by atoms with van der Waals surface area (Å²) in [5.74, 6) is 2.25. The minimum absolute atomic E-state index is 0.618. The first kappa shape index (κ1) is 43.2. The molecule has 1 aromatic heterocycles. The molecule has 1 heterocycles. The first-order valence-corrected chi connectivity index (χ1v) is 21.8. The molecule has 1 aromatic rings. The normalized spacial score (nSPS) is 13.0. The minimum atomic E-state index is 0.618. The van der Waals surface area contributed by atoms with Gasteiger partial charge in [-0.3, -0.25) is 0 Å². The molecule has 2 atom stereocenters. The summed E-state index contributed by atoms with van der Waals surface area (Å²) in [6.45, 7) is 9.43. The Balaban J connectivity index is 2.38. The zero-order chi connectivity index (χ0) is 33.2. The summed E-state index contributed by atoms with van der Waals surface area (Å²) in [4.78, 5) is 3.77. The molecule has 2 heteroatoms. The molecular formula is C44H87N2+. The van der Waals surface area contributed by atoms with Crippen molar-refractivity contribution >= 4 is 0 Å². The van der Waals surface area contributed by atoms with Crippen LogP contribution in [0.15, 0.2) is 12.4 Å². The Morgan fingerprint density at radius 2 is 0.696 bits per heavy atom. The Kier molecular flexibility index (Phi) is 32.0. The van der Waals surface area contributed by atoms with Crippen molar-refractivity contribution in [3.63, 3.8) is 0 Å². The van der Waals surface area contributed by atoms with Gasteiger partial charge < -0.3 is 0 Å². The van der Waals surface area contributed by atoms with E-state index in [0.29, 0.717) is 12.0 Å². The lowest BCUT2D eigenvalue weighted by Crippen LogP contribution is -2.41. The van der Waals surface area contributed by atoms with Gasteiger partial charge in [0.05, 0.1) is 12.0 Å². The summed E-state index contributed by atoms with van der Waals surface area (Å²) in [6.07, 6.45) is 54.6. The van der Waals surface area contributed by atoms with Gasteiger partial charge in [0.15, 0.2) is 0 Å². The molecular weight excluding hydrogens is 556 g/mol. The van der Waals surface area contributed by atoms with Crippen molar-refractivity contribution in [1.82, 2.24) is 4.98 Å². The van der Waals surface area contributed by atoms with E-state index in [1.165, 1.54) is 231 Å². The van der Waals surface area contributed by atoms with Crippen LogP contribution in [0.4, 0.5) is 0 Å². The van der Waals surface area contributed by atoms with Gasteiger partial charge in [-0.15, -0.1) is 0 Å². The molecule has 2 nitrogen and oxygen atoms in total. The van der Waals surface area contributed by atoms with Gasteiger partial charge in [0.2, 0.25) is 0 Å². The molecule has 272 valence electrons. The summed E-state index contributed by atoms with van der Waals surface area (Å²) in [5, 5.41) is 0. The summed E-state index contributed by atoms with van der Waals surface area (Å²) in [7, 11) is 0. The van der Waals surface area contributed by atoms with Crippen LogP contribution in [0.25, 0.3) is 0 Å². The van der Waals surface area contributed by atoms with Gasteiger partial charge in [-0.2, -0.15) is 0 Å². The molecule has 0 aliphatic heterocycles. The van der Waals surface area contributed by atoms with Crippen LogP contribution in [0, 0.1) is 0 Å². The SMILES string of the molecule is CCCCCCCCCCCCCCCC(C)[n+]1cc[nH]c1C(CCCCCCCCCCC)CCCCCCCCCCCC. The fourth-order valence-electron chi connectivity index (χ4n) is 7.66. The van der Waals surface area contributed by atoms with E-state index >= 15 is 0 Å². The van der Waals surface area contributed by atoms with Gasteiger partial charge in [0, 0.05) is 0 Å². The molecule has 2 unspecified atom stereocenters.